The number of hydrogen-bond donors (Lipinski definition) is 1. The van der Waals surface area contributed by atoms with Crippen LogP contribution in [0.25, 0.3) is 17.0 Å². The Hall–Kier alpha value is -1.55. The summed E-state index contributed by atoms with van der Waals surface area (Å²) in [6, 6.07) is 5.77. The van der Waals surface area contributed by atoms with Crippen LogP contribution in [0.1, 0.15) is 5.56 Å². The van der Waals surface area contributed by atoms with Gasteiger partial charge in [-0.25, -0.2) is 0 Å². The minimum Gasteiger partial charge on any atom is -0.545 e. The van der Waals surface area contributed by atoms with Crippen molar-refractivity contribution in [3.05, 3.63) is 40.5 Å². The number of carbonyl (C=O) groups excluding carboxylic acids is 1. The first-order chi connectivity index (χ1) is 7.16. The summed E-state index contributed by atoms with van der Waals surface area (Å²) in [5, 5.41) is 11.3. The number of carbonyl (C=O) groups is 1. The van der Waals surface area contributed by atoms with E-state index in [-0.39, 0.29) is 0 Å². The van der Waals surface area contributed by atoms with Gasteiger partial charge in [-0.15, -0.1) is 0 Å². The van der Waals surface area contributed by atoms with Gasteiger partial charge in [-0.1, -0.05) is 28.1 Å². The summed E-state index contributed by atoms with van der Waals surface area (Å²) in [5.74, 6) is -1.19. The lowest BCUT2D eigenvalue weighted by atomic mass is 10.1. The number of rotatable bonds is 2. The molecule has 0 amide bonds. The molecule has 0 saturated carbocycles. The average Bonchev–Trinajstić information content (AvgIpc) is 2.57. The Morgan fingerprint density at radius 1 is 1.47 bits per heavy atom. The summed E-state index contributed by atoms with van der Waals surface area (Å²) in [4.78, 5) is 13.3. The molecule has 0 aliphatic carbocycles. The Balaban J connectivity index is 2.50. The normalized spacial score (nSPS) is 11.3. The second-order valence-electron chi connectivity index (χ2n) is 3.09. The topological polar surface area (TPSA) is 55.9 Å². The van der Waals surface area contributed by atoms with Gasteiger partial charge >= 0.3 is 0 Å². The van der Waals surface area contributed by atoms with E-state index in [1.807, 2.05) is 18.2 Å². The molecule has 76 valence electrons. The van der Waals surface area contributed by atoms with Gasteiger partial charge in [-0.3, -0.25) is 0 Å². The molecule has 0 radical (unpaired) electrons. The molecular weight excluding hydrogens is 258 g/mol. The van der Waals surface area contributed by atoms with E-state index in [4.69, 9.17) is 0 Å². The average molecular weight is 265 g/mol. The van der Waals surface area contributed by atoms with Gasteiger partial charge in [0.05, 0.1) is 5.97 Å². The molecule has 15 heavy (non-hydrogen) atoms. The van der Waals surface area contributed by atoms with Gasteiger partial charge < -0.3 is 14.9 Å². The Kier molecular flexibility index (Phi) is 2.60. The smallest absolute Gasteiger partial charge is 0.0643 e. The maximum Gasteiger partial charge on any atom is 0.0643 e. The highest BCUT2D eigenvalue weighted by molar-refractivity contribution is 9.10. The third-order valence-electron chi connectivity index (χ3n) is 2.07. The number of hydrogen-bond acceptors (Lipinski definition) is 2. The van der Waals surface area contributed by atoms with Crippen LogP contribution in [-0.4, -0.2) is 11.0 Å². The standard InChI is InChI=1S/C11H8BrNO2/c12-8-2-3-9-7(1-4-11(14)15)6-13-10(9)5-8/h1-6,13H,(H,14,15)/p-1/b4-1+. The second-order valence-corrected chi connectivity index (χ2v) is 4.00. The van der Waals surface area contributed by atoms with E-state index in [2.05, 4.69) is 20.9 Å². The largest absolute Gasteiger partial charge is 0.545 e. The fourth-order valence-electron chi connectivity index (χ4n) is 1.42. The SMILES string of the molecule is O=C([O-])/C=C/c1c[nH]c2cc(Br)ccc12. The zero-order chi connectivity index (χ0) is 10.8. The van der Waals surface area contributed by atoms with Crippen LogP contribution in [0.2, 0.25) is 0 Å². The number of halogens is 1. The van der Waals surface area contributed by atoms with Gasteiger partial charge in [0, 0.05) is 21.6 Å². The fraction of sp³-hybridized carbons (Fsp3) is 0. The van der Waals surface area contributed by atoms with Gasteiger partial charge in [0.25, 0.3) is 0 Å². The Morgan fingerprint density at radius 2 is 2.27 bits per heavy atom. The van der Waals surface area contributed by atoms with Crippen LogP contribution in [0.4, 0.5) is 0 Å². The van der Waals surface area contributed by atoms with E-state index < -0.39 is 5.97 Å². The number of aliphatic carboxylic acids is 1. The molecule has 1 aromatic carbocycles. The molecule has 0 spiro atoms. The molecule has 0 aliphatic rings. The van der Waals surface area contributed by atoms with Crippen LogP contribution in [0.3, 0.4) is 0 Å². The zero-order valence-corrected chi connectivity index (χ0v) is 9.24. The molecule has 1 N–H and O–H groups in total. The molecule has 4 heteroatoms. The van der Waals surface area contributed by atoms with Gasteiger partial charge in [-0.2, -0.15) is 0 Å². The van der Waals surface area contributed by atoms with E-state index >= 15 is 0 Å². The fourth-order valence-corrected chi connectivity index (χ4v) is 1.78. The lowest BCUT2D eigenvalue weighted by molar-refractivity contribution is -0.297. The van der Waals surface area contributed by atoms with Crippen molar-refractivity contribution < 1.29 is 9.90 Å². The Bertz CT molecular complexity index is 543. The number of nitrogens with one attached hydrogen (secondary N) is 1. The molecule has 1 heterocycles. The van der Waals surface area contributed by atoms with E-state index in [1.54, 1.807) is 6.20 Å². The van der Waals surface area contributed by atoms with Gasteiger partial charge in [0.2, 0.25) is 0 Å². The van der Waals surface area contributed by atoms with Crippen molar-refractivity contribution in [2.75, 3.05) is 0 Å². The molecule has 2 rings (SSSR count). The summed E-state index contributed by atoms with van der Waals surface area (Å²) >= 11 is 3.36. The molecule has 1 aromatic heterocycles. The number of aromatic nitrogens is 1. The summed E-state index contributed by atoms with van der Waals surface area (Å²) in [6.45, 7) is 0. The predicted molar refractivity (Wildman–Crippen MR) is 60.0 cm³/mol. The third kappa shape index (κ3) is 2.10. The van der Waals surface area contributed by atoms with E-state index in [0.29, 0.717) is 0 Å². The number of H-pyrrole nitrogens is 1. The van der Waals surface area contributed by atoms with Gasteiger partial charge in [-0.05, 0) is 23.8 Å². The van der Waals surface area contributed by atoms with E-state index in [1.165, 1.54) is 6.08 Å². The number of benzene rings is 1. The van der Waals surface area contributed by atoms with Crippen molar-refractivity contribution in [3.63, 3.8) is 0 Å². The highest BCUT2D eigenvalue weighted by atomic mass is 79.9. The van der Waals surface area contributed by atoms with Crippen molar-refractivity contribution in [2.24, 2.45) is 0 Å². The Labute approximate surface area is 94.6 Å². The van der Waals surface area contributed by atoms with Crippen LogP contribution in [0.5, 0.6) is 0 Å². The lowest BCUT2D eigenvalue weighted by Gasteiger charge is -1.94. The molecule has 0 bridgehead atoms. The van der Waals surface area contributed by atoms with Crippen LogP contribution in [-0.2, 0) is 4.79 Å². The molecular formula is C11H7BrNO2-. The van der Waals surface area contributed by atoms with Gasteiger partial charge in [0.15, 0.2) is 0 Å². The number of carboxylic acid groups (broad SMARTS) is 1. The van der Waals surface area contributed by atoms with Crippen LogP contribution < -0.4 is 5.11 Å². The summed E-state index contributed by atoms with van der Waals surface area (Å²) in [7, 11) is 0. The first kappa shape index (κ1) is 9.98. The lowest BCUT2D eigenvalue weighted by Crippen LogP contribution is -2.18. The summed E-state index contributed by atoms with van der Waals surface area (Å²) in [5.41, 5.74) is 1.80. The van der Waals surface area contributed by atoms with Crippen molar-refractivity contribution in [1.29, 1.82) is 0 Å². The van der Waals surface area contributed by atoms with Crippen LogP contribution >= 0.6 is 15.9 Å². The summed E-state index contributed by atoms with van der Waals surface area (Å²) < 4.78 is 0.979. The quantitative estimate of drug-likeness (QED) is 0.840. The minimum absolute atomic E-state index is 0.835. The first-order valence-corrected chi connectivity index (χ1v) is 5.12. The number of fused-ring (bicyclic) bond motifs is 1. The van der Waals surface area contributed by atoms with E-state index in [9.17, 15) is 9.90 Å². The number of carboxylic acids is 1. The van der Waals surface area contributed by atoms with Crippen LogP contribution in [0.15, 0.2) is 34.9 Å². The van der Waals surface area contributed by atoms with Crippen molar-refractivity contribution in [1.82, 2.24) is 4.98 Å². The van der Waals surface area contributed by atoms with Crippen molar-refractivity contribution in [2.45, 2.75) is 0 Å². The van der Waals surface area contributed by atoms with Gasteiger partial charge in [0.1, 0.15) is 0 Å². The third-order valence-corrected chi connectivity index (χ3v) is 2.57. The number of aromatic amines is 1. The van der Waals surface area contributed by atoms with Crippen molar-refractivity contribution >= 4 is 38.9 Å². The first-order valence-electron chi connectivity index (χ1n) is 4.32. The molecule has 0 saturated heterocycles. The van der Waals surface area contributed by atoms with E-state index in [0.717, 1.165) is 27.0 Å². The molecule has 0 unspecified atom stereocenters. The second kappa shape index (κ2) is 3.90. The monoisotopic (exact) mass is 264 g/mol. The highest BCUT2D eigenvalue weighted by Gasteiger charge is 2.00. The predicted octanol–water partition coefficient (Wildman–Crippen LogP) is 1.69. The molecule has 0 aliphatic heterocycles. The molecule has 0 atom stereocenters. The van der Waals surface area contributed by atoms with Crippen molar-refractivity contribution in [3.8, 4) is 0 Å². The molecule has 3 nitrogen and oxygen atoms in total. The maximum atomic E-state index is 10.3. The zero-order valence-electron chi connectivity index (χ0n) is 7.66. The highest BCUT2D eigenvalue weighted by Crippen LogP contribution is 2.22. The van der Waals surface area contributed by atoms with Crippen LogP contribution in [0, 0.1) is 0 Å². The summed E-state index contributed by atoms with van der Waals surface area (Å²) in [6.07, 6.45) is 4.29. The Morgan fingerprint density at radius 3 is 3.00 bits per heavy atom. The maximum absolute atomic E-state index is 10.3. The molecule has 0 fully saturated rings. The molecule has 2 aromatic rings. The minimum atomic E-state index is -1.19.